The molecule has 0 saturated carbocycles. The molecule has 0 fully saturated rings. The zero-order valence-corrected chi connectivity index (χ0v) is 10.8. The smallest absolute Gasteiger partial charge is 0.319 e. The summed E-state index contributed by atoms with van der Waals surface area (Å²) in [5.74, 6) is -0.00104. The predicted octanol–water partition coefficient (Wildman–Crippen LogP) is 2.80. The summed E-state index contributed by atoms with van der Waals surface area (Å²) in [6.45, 7) is 4.10. The summed E-state index contributed by atoms with van der Waals surface area (Å²) in [7, 11) is 0. The quantitative estimate of drug-likeness (QED) is 0.735. The fourth-order valence-electron chi connectivity index (χ4n) is 1.32. The van der Waals surface area contributed by atoms with Crippen molar-refractivity contribution in [2.75, 3.05) is 6.61 Å². The Morgan fingerprint density at radius 2 is 2.29 bits per heavy atom. The lowest BCUT2D eigenvalue weighted by Gasteiger charge is -2.12. The zero-order valence-electron chi connectivity index (χ0n) is 9.98. The Kier molecular flexibility index (Phi) is 5.97. The third-order valence-electron chi connectivity index (χ3n) is 2.13. The monoisotopic (exact) mass is 257 g/mol. The molecule has 3 nitrogen and oxygen atoms in total. The molecule has 1 aromatic rings. The molecule has 0 bridgehead atoms. The molecule has 0 amide bonds. The van der Waals surface area contributed by atoms with Gasteiger partial charge >= 0.3 is 5.97 Å². The molecule has 94 valence electrons. The van der Waals surface area contributed by atoms with Gasteiger partial charge in [-0.3, -0.25) is 9.78 Å². The van der Waals surface area contributed by atoms with Gasteiger partial charge in [0.05, 0.1) is 12.8 Å². The second kappa shape index (κ2) is 7.27. The van der Waals surface area contributed by atoms with Gasteiger partial charge in [-0.1, -0.05) is 6.92 Å². The summed E-state index contributed by atoms with van der Waals surface area (Å²) < 4.78 is 17.8. The number of carbonyl (C=O) groups excluding carboxylic acids is 1. The average molecular weight is 257 g/mol. The van der Waals surface area contributed by atoms with Crippen LogP contribution in [0.15, 0.2) is 18.5 Å². The van der Waals surface area contributed by atoms with Crippen LogP contribution in [0.3, 0.4) is 0 Å². The van der Waals surface area contributed by atoms with Crippen LogP contribution in [-0.2, 0) is 15.3 Å². The minimum absolute atomic E-state index is 0.196. The number of nitrogens with zero attached hydrogens (tertiary/aromatic N) is 1. The van der Waals surface area contributed by atoms with Crippen molar-refractivity contribution in [1.82, 2.24) is 4.98 Å². The van der Waals surface area contributed by atoms with Crippen LogP contribution < -0.4 is 0 Å². The van der Waals surface area contributed by atoms with Crippen LogP contribution in [0.1, 0.15) is 25.8 Å². The van der Waals surface area contributed by atoms with Crippen molar-refractivity contribution in [2.45, 2.75) is 31.3 Å². The maximum atomic E-state index is 12.9. The number of aromatic nitrogens is 1. The summed E-state index contributed by atoms with van der Waals surface area (Å²) in [4.78, 5) is 15.3. The molecular formula is C12H16FNO2S. The third-order valence-corrected chi connectivity index (χ3v) is 3.56. The molecular weight excluding hydrogens is 241 g/mol. The first-order valence-electron chi connectivity index (χ1n) is 5.55. The van der Waals surface area contributed by atoms with Crippen LogP contribution >= 0.6 is 11.8 Å². The van der Waals surface area contributed by atoms with Crippen LogP contribution in [0, 0.1) is 5.82 Å². The number of hydrogen-bond acceptors (Lipinski definition) is 4. The number of ether oxygens (including phenoxy) is 1. The molecule has 0 unspecified atom stereocenters. The Bertz CT molecular complexity index is 373. The fourth-order valence-corrected chi connectivity index (χ4v) is 2.31. The van der Waals surface area contributed by atoms with E-state index in [4.69, 9.17) is 4.74 Å². The number of rotatable bonds is 6. The number of esters is 1. The van der Waals surface area contributed by atoms with Crippen LogP contribution in [0.4, 0.5) is 4.39 Å². The number of pyridine rings is 1. The highest BCUT2D eigenvalue weighted by Gasteiger charge is 2.18. The first-order chi connectivity index (χ1) is 8.17. The van der Waals surface area contributed by atoms with E-state index < -0.39 is 0 Å². The summed E-state index contributed by atoms with van der Waals surface area (Å²) in [5, 5.41) is -0.196. The molecule has 1 rings (SSSR count). The molecule has 1 heterocycles. The minimum atomic E-state index is -0.354. The molecule has 0 aliphatic heterocycles. The SMILES string of the molecule is CCOC(=O)[C@H](CC)SCc1cncc(F)c1. The van der Waals surface area contributed by atoms with E-state index in [-0.39, 0.29) is 17.0 Å². The Balaban J connectivity index is 2.50. The molecule has 1 atom stereocenters. The normalized spacial score (nSPS) is 12.2. The van der Waals surface area contributed by atoms with Gasteiger partial charge in [0.25, 0.3) is 0 Å². The molecule has 1 aromatic heterocycles. The first-order valence-corrected chi connectivity index (χ1v) is 6.59. The highest BCUT2D eigenvalue weighted by Crippen LogP contribution is 2.21. The topological polar surface area (TPSA) is 39.2 Å². The Hall–Kier alpha value is -1.10. The highest BCUT2D eigenvalue weighted by atomic mass is 32.2. The lowest BCUT2D eigenvalue weighted by molar-refractivity contribution is -0.142. The standard InChI is InChI=1S/C12H16FNO2S/c1-3-11(12(15)16-4-2)17-8-9-5-10(13)7-14-6-9/h5-7,11H,3-4,8H2,1-2H3/t11-/m0/s1. The maximum Gasteiger partial charge on any atom is 0.319 e. The summed E-state index contributed by atoms with van der Waals surface area (Å²) in [5.41, 5.74) is 0.776. The van der Waals surface area contributed by atoms with Gasteiger partial charge in [-0.2, -0.15) is 0 Å². The predicted molar refractivity (Wildman–Crippen MR) is 66.2 cm³/mol. The lowest BCUT2D eigenvalue weighted by atomic mass is 10.3. The largest absolute Gasteiger partial charge is 0.465 e. The van der Waals surface area contributed by atoms with E-state index in [2.05, 4.69) is 4.98 Å². The van der Waals surface area contributed by atoms with E-state index in [0.29, 0.717) is 18.8 Å². The van der Waals surface area contributed by atoms with Gasteiger partial charge in [0.2, 0.25) is 0 Å². The number of halogens is 1. The van der Waals surface area contributed by atoms with Gasteiger partial charge in [0.15, 0.2) is 0 Å². The number of carbonyl (C=O) groups is 1. The van der Waals surface area contributed by atoms with Crippen molar-refractivity contribution in [2.24, 2.45) is 0 Å². The molecule has 17 heavy (non-hydrogen) atoms. The van der Waals surface area contributed by atoms with Crippen LogP contribution in [-0.4, -0.2) is 22.8 Å². The second-order valence-corrected chi connectivity index (χ2v) is 4.66. The Morgan fingerprint density at radius 3 is 2.88 bits per heavy atom. The number of hydrogen-bond donors (Lipinski definition) is 0. The van der Waals surface area contributed by atoms with Crippen molar-refractivity contribution in [3.8, 4) is 0 Å². The van der Waals surface area contributed by atoms with Crippen molar-refractivity contribution in [1.29, 1.82) is 0 Å². The molecule has 0 N–H and O–H groups in total. The summed E-state index contributed by atoms with van der Waals surface area (Å²) >= 11 is 1.45. The van der Waals surface area contributed by atoms with E-state index in [9.17, 15) is 9.18 Å². The molecule has 0 saturated heterocycles. The van der Waals surface area contributed by atoms with Crippen LogP contribution in [0.25, 0.3) is 0 Å². The van der Waals surface area contributed by atoms with E-state index >= 15 is 0 Å². The highest BCUT2D eigenvalue weighted by molar-refractivity contribution is 7.99. The zero-order chi connectivity index (χ0) is 12.7. The molecule has 5 heteroatoms. The molecule has 0 aromatic carbocycles. The van der Waals surface area contributed by atoms with Crippen molar-refractivity contribution in [3.63, 3.8) is 0 Å². The van der Waals surface area contributed by atoms with E-state index in [1.165, 1.54) is 17.8 Å². The Labute approximate surface area is 105 Å². The maximum absolute atomic E-state index is 12.9. The van der Waals surface area contributed by atoms with Gasteiger partial charge in [0.1, 0.15) is 11.1 Å². The van der Waals surface area contributed by atoms with Gasteiger partial charge in [-0.25, -0.2) is 4.39 Å². The third kappa shape index (κ3) is 4.73. The molecule has 0 spiro atoms. The van der Waals surface area contributed by atoms with Crippen molar-refractivity contribution in [3.05, 3.63) is 29.8 Å². The van der Waals surface area contributed by atoms with E-state index in [1.807, 2.05) is 6.92 Å². The average Bonchev–Trinajstić information content (AvgIpc) is 2.30. The van der Waals surface area contributed by atoms with Gasteiger partial charge in [-0.05, 0) is 25.0 Å². The van der Waals surface area contributed by atoms with Gasteiger partial charge in [0, 0.05) is 11.9 Å². The van der Waals surface area contributed by atoms with E-state index in [0.717, 1.165) is 11.8 Å². The molecule has 0 aliphatic rings. The van der Waals surface area contributed by atoms with Gasteiger partial charge < -0.3 is 4.74 Å². The van der Waals surface area contributed by atoms with E-state index in [1.54, 1.807) is 13.1 Å². The van der Waals surface area contributed by atoms with Gasteiger partial charge in [-0.15, -0.1) is 11.8 Å². The second-order valence-electron chi connectivity index (χ2n) is 3.47. The molecule has 0 radical (unpaired) electrons. The van der Waals surface area contributed by atoms with Crippen LogP contribution in [0.5, 0.6) is 0 Å². The summed E-state index contributed by atoms with van der Waals surface area (Å²) in [6, 6.07) is 1.43. The minimum Gasteiger partial charge on any atom is -0.465 e. The fraction of sp³-hybridized carbons (Fsp3) is 0.500. The van der Waals surface area contributed by atoms with Crippen molar-refractivity contribution >= 4 is 17.7 Å². The lowest BCUT2D eigenvalue weighted by Crippen LogP contribution is -2.19. The first kappa shape index (κ1) is 14.0. The number of thioether (sulfide) groups is 1. The Morgan fingerprint density at radius 1 is 1.53 bits per heavy atom. The summed E-state index contributed by atoms with van der Waals surface area (Å²) in [6.07, 6.45) is 3.47. The van der Waals surface area contributed by atoms with Crippen molar-refractivity contribution < 1.29 is 13.9 Å². The van der Waals surface area contributed by atoms with Crippen LogP contribution in [0.2, 0.25) is 0 Å². The molecule has 0 aliphatic carbocycles.